The van der Waals surface area contributed by atoms with E-state index < -0.39 is 23.4 Å². The van der Waals surface area contributed by atoms with Crippen molar-refractivity contribution in [2.45, 2.75) is 6.54 Å². The minimum Gasteiger partial charge on any atom is -0.382 e. The lowest BCUT2D eigenvalue weighted by molar-refractivity contribution is 0.0945. The van der Waals surface area contributed by atoms with E-state index in [-0.39, 0.29) is 34.2 Å². The number of aromatic nitrogens is 2. The van der Waals surface area contributed by atoms with E-state index in [1.807, 2.05) is 0 Å². The number of rotatable bonds is 5. The minimum atomic E-state index is -0.926. The minimum absolute atomic E-state index is 0.0300. The highest BCUT2D eigenvalue weighted by Crippen LogP contribution is 2.22. The van der Waals surface area contributed by atoms with Gasteiger partial charge >= 0.3 is 0 Å². The first-order chi connectivity index (χ1) is 14.3. The van der Waals surface area contributed by atoms with Crippen LogP contribution in [0.1, 0.15) is 26.4 Å². The van der Waals surface area contributed by atoms with Gasteiger partial charge in [-0.25, -0.2) is 18.7 Å². The van der Waals surface area contributed by atoms with Crippen molar-refractivity contribution in [2.24, 2.45) is 0 Å². The van der Waals surface area contributed by atoms with Crippen molar-refractivity contribution in [3.8, 4) is 11.3 Å². The van der Waals surface area contributed by atoms with Crippen LogP contribution < -0.4 is 16.4 Å². The Morgan fingerprint density at radius 2 is 1.93 bits per heavy atom. The van der Waals surface area contributed by atoms with Crippen molar-refractivity contribution in [1.82, 2.24) is 20.6 Å². The van der Waals surface area contributed by atoms with Gasteiger partial charge in [0.15, 0.2) is 11.5 Å². The average Bonchev–Trinajstić information content (AvgIpc) is 2.76. The molecule has 0 saturated heterocycles. The lowest BCUT2D eigenvalue weighted by atomic mass is 10.1. The quantitative estimate of drug-likeness (QED) is 0.538. The van der Waals surface area contributed by atoms with E-state index in [9.17, 15) is 18.4 Å². The fraction of sp³-hybridized carbons (Fsp3) is 0.100. The maximum Gasteiger partial charge on any atom is 0.273 e. The smallest absolute Gasteiger partial charge is 0.273 e. The SMILES string of the molecule is CNC(=O)c1nc(-c2cccc(C(=O)NCc3c(F)ccc(Cl)c3F)c2)cnc1N. The molecule has 0 spiro atoms. The first kappa shape index (κ1) is 21.1. The molecular formula is C20H16ClF2N5O2. The fourth-order valence-electron chi connectivity index (χ4n) is 2.64. The second-order valence-corrected chi connectivity index (χ2v) is 6.56. The van der Waals surface area contributed by atoms with Gasteiger partial charge in [-0.05, 0) is 24.3 Å². The lowest BCUT2D eigenvalue weighted by Gasteiger charge is -2.10. The molecule has 30 heavy (non-hydrogen) atoms. The van der Waals surface area contributed by atoms with E-state index in [0.717, 1.165) is 12.1 Å². The molecule has 3 rings (SSSR count). The van der Waals surface area contributed by atoms with E-state index in [1.54, 1.807) is 12.1 Å². The first-order valence-corrected chi connectivity index (χ1v) is 9.05. The van der Waals surface area contributed by atoms with Crippen LogP contribution in [-0.2, 0) is 6.54 Å². The molecule has 0 unspecified atom stereocenters. The molecule has 0 radical (unpaired) electrons. The van der Waals surface area contributed by atoms with Crippen molar-refractivity contribution in [1.29, 1.82) is 0 Å². The van der Waals surface area contributed by atoms with Gasteiger partial charge in [0, 0.05) is 30.3 Å². The summed E-state index contributed by atoms with van der Waals surface area (Å²) in [5.74, 6) is -2.83. The molecule has 2 amide bonds. The number of carbonyl (C=O) groups excluding carboxylic acids is 2. The number of nitrogen functional groups attached to an aromatic ring is 1. The van der Waals surface area contributed by atoms with E-state index in [4.69, 9.17) is 17.3 Å². The largest absolute Gasteiger partial charge is 0.382 e. The normalized spacial score (nSPS) is 10.5. The molecule has 0 saturated carbocycles. The molecule has 7 nitrogen and oxygen atoms in total. The van der Waals surface area contributed by atoms with E-state index in [2.05, 4.69) is 20.6 Å². The number of hydrogen-bond donors (Lipinski definition) is 3. The monoisotopic (exact) mass is 431 g/mol. The molecule has 1 aromatic heterocycles. The molecule has 0 aliphatic rings. The zero-order valence-corrected chi connectivity index (χ0v) is 16.4. The van der Waals surface area contributed by atoms with Crippen LogP contribution in [0.4, 0.5) is 14.6 Å². The average molecular weight is 432 g/mol. The summed E-state index contributed by atoms with van der Waals surface area (Å²) in [6.45, 7) is -0.385. The molecule has 4 N–H and O–H groups in total. The van der Waals surface area contributed by atoms with Crippen LogP contribution in [-0.4, -0.2) is 28.8 Å². The fourth-order valence-corrected chi connectivity index (χ4v) is 2.82. The maximum absolute atomic E-state index is 14.0. The van der Waals surface area contributed by atoms with Crippen molar-refractivity contribution < 1.29 is 18.4 Å². The van der Waals surface area contributed by atoms with Gasteiger partial charge in [-0.3, -0.25) is 9.59 Å². The number of nitrogens with zero attached hydrogens (tertiary/aromatic N) is 2. The van der Waals surface area contributed by atoms with Crippen LogP contribution in [0.5, 0.6) is 0 Å². The molecule has 0 fully saturated rings. The maximum atomic E-state index is 14.0. The van der Waals surface area contributed by atoms with E-state index in [0.29, 0.717) is 11.3 Å². The van der Waals surface area contributed by atoms with Gasteiger partial charge in [0.05, 0.1) is 16.9 Å². The second kappa shape index (κ2) is 8.83. The number of anilines is 1. The Labute approximate surface area is 175 Å². The van der Waals surface area contributed by atoms with Crippen LogP contribution in [0.15, 0.2) is 42.6 Å². The summed E-state index contributed by atoms with van der Waals surface area (Å²) in [5.41, 5.74) is 6.34. The van der Waals surface area contributed by atoms with E-state index >= 15 is 0 Å². The molecule has 2 aromatic carbocycles. The van der Waals surface area contributed by atoms with E-state index in [1.165, 1.54) is 25.4 Å². The van der Waals surface area contributed by atoms with Crippen molar-refractivity contribution in [2.75, 3.05) is 12.8 Å². The van der Waals surface area contributed by atoms with Crippen LogP contribution in [0.2, 0.25) is 5.02 Å². The Morgan fingerprint density at radius 1 is 1.17 bits per heavy atom. The Morgan fingerprint density at radius 3 is 2.67 bits per heavy atom. The molecule has 154 valence electrons. The van der Waals surface area contributed by atoms with Gasteiger partial charge in [0.1, 0.15) is 11.6 Å². The Kier molecular flexibility index (Phi) is 6.22. The number of hydrogen-bond acceptors (Lipinski definition) is 5. The first-order valence-electron chi connectivity index (χ1n) is 8.67. The third-order valence-corrected chi connectivity index (χ3v) is 4.52. The zero-order valence-electron chi connectivity index (χ0n) is 15.7. The van der Waals surface area contributed by atoms with Crippen molar-refractivity contribution in [3.05, 3.63) is 76.1 Å². The summed E-state index contributed by atoms with van der Waals surface area (Å²) in [7, 11) is 1.44. The molecule has 0 aliphatic heterocycles. The molecule has 0 atom stereocenters. The summed E-state index contributed by atoms with van der Waals surface area (Å²) >= 11 is 5.66. The summed E-state index contributed by atoms with van der Waals surface area (Å²) in [4.78, 5) is 32.5. The molecule has 3 aromatic rings. The number of nitrogens with one attached hydrogen (secondary N) is 2. The molecule has 1 heterocycles. The van der Waals surface area contributed by atoms with Gasteiger partial charge in [-0.1, -0.05) is 23.7 Å². The van der Waals surface area contributed by atoms with Crippen LogP contribution in [0, 0.1) is 11.6 Å². The Bertz CT molecular complexity index is 1140. The van der Waals surface area contributed by atoms with Crippen LogP contribution >= 0.6 is 11.6 Å². The molecule has 10 heteroatoms. The Hall–Kier alpha value is -3.59. The number of benzene rings is 2. The summed E-state index contributed by atoms with van der Waals surface area (Å²) in [5, 5.41) is 4.63. The second-order valence-electron chi connectivity index (χ2n) is 6.15. The molecular weight excluding hydrogens is 416 g/mol. The van der Waals surface area contributed by atoms with Gasteiger partial charge in [0.2, 0.25) is 0 Å². The third-order valence-electron chi connectivity index (χ3n) is 4.23. The predicted octanol–water partition coefficient (Wildman–Crippen LogP) is 2.95. The van der Waals surface area contributed by atoms with Gasteiger partial charge in [0.25, 0.3) is 11.8 Å². The highest BCUT2D eigenvalue weighted by atomic mass is 35.5. The number of amides is 2. The topological polar surface area (TPSA) is 110 Å². The third kappa shape index (κ3) is 4.36. The summed E-state index contributed by atoms with van der Waals surface area (Å²) in [6.07, 6.45) is 1.37. The molecule has 0 aliphatic carbocycles. The number of carbonyl (C=O) groups is 2. The van der Waals surface area contributed by atoms with Crippen molar-refractivity contribution >= 4 is 29.2 Å². The number of halogens is 3. The van der Waals surface area contributed by atoms with Gasteiger partial charge in [-0.2, -0.15) is 0 Å². The Balaban J connectivity index is 1.83. The standard InChI is InChI=1S/C20H16ClF2N5O2/c1-25-20(30)17-18(24)26-9-15(28-17)10-3-2-4-11(7-10)19(29)27-8-12-14(22)6-5-13(21)16(12)23/h2-7,9H,8H2,1H3,(H2,24,26)(H,25,30)(H,27,29). The van der Waals surface area contributed by atoms with Crippen molar-refractivity contribution in [3.63, 3.8) is 0 Å². The number of nitrogens with two attached hydrogens (primary N) is 1. The predicted molar refractivity (Wildman–Crippen MR) is 108 cm³/mol. The highest BCUT2D eigenvalue weighted by molar-refractivity contribution is 6.30. The highest BCUT2D eigenvalue weighted by Gasteiger charge is 2.16. The van der Waals surface area contributed by atoms with Gasteiger partial charge in [-0.15, -0.1) is 0 Å². The van der Waals surface area contributed by atoms with Crippen LogP contribution in [0.25, 0.3) is 11.3 Å². The lowest BCUT2D eigenvalue weighted by Crippen LogP contribution is -2.24. The summed E-state index contributed by atoms with van der Waals surface area (Å²) in [6, 6.07) is 8.42. The van der Waals surface area contributed by atoms with Gasteiger partial charge < -0.3 is 16.4 Å². The zero-order chi connectivity index (χ0) is 21.8. The van der Waals surface area contributed by atoms with Crippen LogP contribution in [0.3, 0.4) is 0 Å². The summed E-state index contributed by atoms with van der Waals surface area (Å²) < 4.78 is 27.8. The molecule has 0 bridgehead atoms.